The molecule has 1 aromatic carbocycles. The van der Waals surface area contributed by atoms with E-state index in [9.17, 15) is 23.1 Å². The number of nitrogens with one attached hydrogen (secondary N) is 1. The lowest BCUT2D eigenvalue weighted by molar-refractivity contribution is -0.142. The SMILES string of the molecule is CS(=O)(=O)c1cccc(C(=O)NC(C(=O)O)C2CCCOC2)c1. The van der Waals surface area contributed by atoms with Gasteiger partial charge in [0.1, 0.15) is 6.04 Å². The Morgan fingerprint density at radius 3 is 2.70 bits per heavy atom. The van der Waals surface area contributed by atoms with E-state index in [4.69, 9.17) is 4.74 Å². The van der Waals surface area contributed by atoms with Crippen molar-refractivity contribution in [3.63, 3.8) is 0 Å². The summed E-state index contributed by atoms with van der Waals surface area (Å²) in [6, 6.07) is 4.45. The molecular weight excluding hydrogens is 322 g/mol. The van der Waals surface area contributed by atoms with E-state index in [1.807, 2.05) is 0 Å². The normalized spacial score (nSPS) is 19.8. The molecule has 0 spiro atoms. The van der Waals surface area contributed by atoms with Crippen LogP contribution in [0, 0.1) is 5.92 Å². The highest BCUT2D eigenvalue weighted by atomic mass is 32.2. The van der Waals surface area contributed by atoms with E-state index in [0.29, 0.717) is 13.0 Å². The van der Waals surface area contributed by atoms with Crippen molar-refractivity contribution in [3.05, 3.63) is 29.8 Å². The van der Waals surface area contributed by atoms with Gasteiger partial charge in [0, 0.05) is 24.3 Å². The lowest BCUT2D eigenvalue weighted by atomic mass is 9.93. The van der Waals surface area contributed by atoms with Crippen molar-refractivity contribution in [2.75, 3.05) is 19.5 Å². The maximum atomic E-state index is 12.3. The summed E-state index contributed by atoms with van der Waals surface area (Å²) >= 11 is 0. The van der Waals surface area contributed by atoms with Crippen LogP contribution < -0.4 is 5.32 Å². The molecule has 2 rings (SSSR count). The molecule has 1 saturated heterocycles. The van der Waals surface area contributed by atoms with Gasteiger partial charge in [0.2, 0.25) is 0 Å². The summed E-state index contributed by atoms with van der Waals surface area (Å²) in [5, 5.41) is 11.8. The van der Waals surface area contributed by atoms with Gasteiger partial charge in [-0.3, -0.25) is 4.79 Å². The Labute approximate surface area is 134 Å². The molecule has 0 aliphatic carbocycles. The summed E-state index contributed by atoms with van der Waals surface area (Å²) in [5.74, 6) is -2.05. The minimum Gasteiger partial charge on any atom is -0.480 e. The van der Waals surface area contributed by atoms with Gasteiger partial charge in [-0.05, 0) is 31.0 Å². The van der Waals surface area contributed by atoms with Crippen molar-refractivity contribution in [1.82, 2.24) is 5.32 Å². The van der Waals surface area contributed by atoms with Gasteiger partial charge in [-0.2, -0.15) is 0 Å². The van der Waals surface area contributed by atoms with Gasteiger partial charge in [-0.1, -0.05) is 6.07 Å². The molecule has 2 atom stereocenters. The average Bonchev–Trinajstić information content (AvgIpc) is 2.52. The third-order valence-electron chi connectivity index (χ3n) is 3.74. The highest BCUT2D eigenvalue weighted by Gasteiger charge is 2.31. The molecule has 1 aliphatic rings. The second-order valence-corrected chi connectivity index (χ2v) is 7.58. The van der Waals surface area contributed by atoms with Crippen molar-refractivity contribution in [2.45, 2.75) is 23.8 Å². The van der Waals surface area contributed by atoms with E-state index < -0.39 is 27.8 Å². The number of sulfone groups is 1. The monoisotopic (exact) mass is 341 g/mol. The van der Waals surface area contributed by atoms with Crippen molar-refractivity contribution >= 4 is 21.7 Å². The summed E-state index contributed by atoms with van der Waals surface area (Å²) in [4.78, 5) is 23.7. The molecule has 1 fully saturated rings. The Bertz CT molecular complexity index is 694. The third-order valence-corrected chi connectivity index (χ3v) is 4.85. The highest BCUT2D eigenvalue weighted by Crippen LogP contribution is 2.19. The number of rotatable bonds is 5. The van der Waals surface area contributed by atoms with Gasteiger partial charge >= 0.3 is 5.97 Å². The largest absolute Gasteiger partial charge is 0.480 e. The van der Waals surface area contributed by atoms with E-state index in [2.05, 4.69) is 5.32 Å². The van der Waals surface area contributed by atoms with Crippen LogP contribution in [0.4, 0.5) is 0 Å². The number of carbonyl (C=O) groups excluding carboxylic acids is 1. The maximum Gasteiger partial charge on any atom is 0.326 e. The number of amides is 1. The number of hydrogen-bond donors (Lipinski definition) is 2. The fraction of sp³-hybridized carbons (Fsp3) is 0.467. The maximum absolute atomic E-state index is 12.3. The van der Waals surface area contributed by atoms with Gasteiger partial charge in [0.25, 0.3) is 5.91 Å². The molecule has 2 unspecified atom stereocenters. The molecule has 1 aliphatic heterocycles. The van der Waals surface area contributed by atoms with E-state index in [0.717, 1.165) is 12.7 Å². The first-order valence-corrected chi connectivity index (χ1v) is 9.09. The minimum absolute atomic E-state index is 0.0121. The second-order valence-electron chi connectivity index (χ2n) is 5.57. The number of carboxylic acid groups (broad SMARTS) is 1. The molecule has 0 saturated carbocycles. The zero-order chi connectivity index (χ0) is 17.0. The standard InChI is InChI=1S/C15H19NO6S/c1-23(20,21)12-6-2-4-10(8-12)14(17)16-13(15(18)19)11-5-3-7-22-9-11/h2,4,6,8,11,13H,3,5,7,9H2,1H3,(H,16,17)(H,18,19). The number of aliphatic carboxylic acids is 1. The fourth-order valence-corrected chi connectivity index (χ4v) is 3.17. The predicted molar refractivity (Wildman–Crippen MR) is 82.0 cm³/mol. The third kappa shape index (κ3) is 4.52. The molecular formula is C15H19NO6S. The van der Waals surface area contributed by atoms with Gasteiger partial charge in [0.15, 0.2) is 9.84 Å². The van der Waals surface area contributed by atoms with Crippen LogP contribution in [0.1, 0.15) is 23.2 Å². The van der Waals surface area contributed by atoms with Gasteiger partial charge < -0.3 is 15.2 Å². The number of carbonyl (C=O) groups is 2. The first kappa shape index (κ1) is 17.4. The molecule has 8 heteroatoms. The van der Waals surface area contributed by atoms with E-state index in [1.54, 1.807) is 0 Å². The van der Waals surface area contributed by atoms with Crippen LogP contribution >= 0.6 is 0 Å². The number of hydrogen-bond acceptors (Lipinski definition) is 5. The molecule has 1 amide bonds. The van der Waals surface area contributed by atoms with Crippen LogP contribution in [0.2, 0.25) is 0 Å². The smallest absolute Gasteiger partial charge is 0.326 e. The Balaban J connectivity index is 2.17. The Kier molecular flexibility index (Phi) is 5.38. The summed E-state index contributed by atoms with van der Waals surface area (Å²) in [5.41, 5.74) is 0.107. The van der Waals surface area contributed by atoms with Gasteiger partial charge in [-0.25, -0.2) is 13.2 Å². The van der Waals surface area contributed by atoms with Crippen LogP contribution in [-0.4, -0.2) is 50.9 Å². The molecule has 2 N–H and O–H groups in total. The van der Waals surface area contributed by atoms with E-state index in [-0.39, 0.29) is 23.0 Å². The number of benzene rings is 1. The Morgan fingerprint density at radius 2 is 2.13 bits per heavy atom. The molecule has 1 heterocycles. The summed E-state index contributed by atoms with van der Waals surface area (Å²) in [6.45, 7) is 0.869. The lowest BCUT2D eigenvalue weighted by Gasteiger charge is -2.28. The molecule has 23 heavy (non-hydrogen) atoms. The van der Waals surface area contributed by atoms with Crippen LogP contribution in [0.3, 0.4) is 0 Å². The Morgan fingerprint density at radius 1 is 1.39 bits per heavy atom. The fourth-order valence-electron chi connectivity index (χ4n) is 2.50. The van der Waals surface area contributed by atoms with Gasteiger partial charge in [0.05, 0.1) is 11.5 Å². The van der Waals surface area contributed by atoms with Crippen LogP contribution in [0.25, 0.3) is 0 Å². The molecule has 0 aromatic heterocycles. The van der Waals surface area contributed by atoms with Crippen molar-refractivity contribution < 1.29 is 27.9 Å². The molecule has 7 nitrogen and oxygen atoms in total. The minimum atomic E-state index is -3.44. The van der Waals surface area contributed by atoms with Crippen LogP contribution in [0.15, 0.2) is 29.2 Å². The highest BCUT2D eigenvalue weighted by molar-refractivity contribution is 7.90. The van der Waals surface area contributed by atoms with Crippen molar-refractivity contribution in [1.29, 1.82) is 0 Å². The molecule has 1 aromatic rings. The topological polar surface area (TPSA) is 110 Å². The molecule has 126 valence electrons. The van der Waals surface area contributed by atoms with Crippen LogP contribution in [-0.2, 0) is 19.4 Å². The quantitative estimate of drug-likeness (QED) is 0.816. The average molecular weight is 341 g/mol. The lowest BCUT2D eigenvalue weighted by Crippen LogP contribution is -2.48. The zero-order valence-corrected chi connectivity index (χ0v) is 13.5. The van der Waals surface area contributed by atoms with Crippen molar-refractivity contribution in [2.24, 2.45) is 5.92 Å². The number of carboxylic acids is 1. The molecule has 0 radical (unpaired) electrons. The summed E-state index contributed by atoms with van der Waals surface area (Å²) < 4.78 is 28.4. The van der Waals surface area contributed by atoms with Crippen molar-refractivity contribution in [3.8, 4) is 0 Å². The predicted octanol–water partition coefficient (Wildman–Crippen LogP) is 0.700. The summed E-state index contributed by atoms with van der Waals surface area (Å²) in [7, 11) is -3.44. The first-order chi connectivity index (χ1) is 10.8. The second kappa shape index (κ2) is 7.10. The van der Waals surface area contributed by atoms with E-state index in [1.165, 1.54) is 24.3 Å². The van der Waals surface area contributed by atoms with E-state index >= 15 is 0 Å². The Hall–Kier alpha value is -1.93. The summed E-state index contributed by atoms with van der Waals surface area (Å²) in [6.07, 6.45) is 2.44. The first-order valence-electron chi connectivity index (χ1n) is 7.20. The molecule has 0 bridgehead atoms. The van der Waals surface area contributed by atoms with Gasteiger partial charge in [-0.15, -0.1) is 0 Å². The van der Waals surface area contributed by atoms with Crippen LogP contribution in [0.5, 0.6) is 0 Å². The number of ether oxygens (including phenoxy) is 1. The zero-order valence-electron chi connectivity index (χ0n) is 12.7.